The molecule has 2 heterocycles. The summed E-state index contributed by atoms with van der Waals surface area (Å²) in [6.07, 6.45) is 3.24. The van der Waals surface area contributed by atoms with Crippen LogP contribution in [0.2, 0.25) is 0 Å². The van der Waals surface area contributed by atoms with Crippen LogP contribution >= 0.6 is 0 Å². The quantitative estimate of drug-likeness (QED) is 0.761. The van der Waals surface area contributed by atoms with Gasteiger partial charge in [0.15, 0.2) is 5.58 Å². The van der Waals surface area contributed by atoms with Crippen LogP contribution in [-0.2, 0) is 4.79 Å². The Hall–Kier alpha value is -3.22. The van der Waals surface area contributed by atoms with E-state index in [4.69, 9.17) is 4.42 Å². The maximum atomic E-state index is 13.0. The van der Waals surface area contributed by atoms with Gasteiger partial charge in [0.2, 0.25) is 11.7 Å². The van der Waals surface area contributed by atoms with Gasteiger partial charge in [-0.05, 0) is 49.2 Å². The first-order valence-corrected chi connectivity index (χ1v) is 7.87. The number of benzene rings is 1. The first-order valence-electron chi connectivity index (χ1n) is 7.87. The number of pyridine rings is 1. The highest BCUT2D eigenvalue weighted by molar-refractivity contribution is 6.14. The molecule has 126 valence electrons. The van der Waals surface area contributed by atoms with E-state index in [-0.39, 0.29) is 23.3 Å². The van der Waals surface area contributed by atoms with Crippen LogP contribution in [0.5, 0.6) is 0 Å². The van der Waals surface area contributed by atoms with Crippen molar-refractivity contribution in [1.82, 2.24) is 4.98 Å². The molecule has 0 aliphatic heterocycles. The predicted octanol–water partition coefficient (Wildman–Crippen LogP) is 3.57. The normalized spacial score (nSPS) is 13.6. The van der Waals surface area contributed by atoms with Gasteiger partial charge in [0.25, 0.3) is 5.91 Å². The van der Waals surface area contributed by atoms with Crippen LogP contribution in [0.3, 0.4) is 0 Å². The van der Waals surface area contributed by atoms with Gasteiger partial charge in [0, 0.05) is 17.8 Å². The molecule has 3 aromatic rings. The summed E-state index contributed by atoms with van der Waals surface area (Å²) in [7, 11) is 0. The van der Waals surface area contributed by atoms with Crippen molar-refractivity contribution in [3.8, 4) is 0 Å². The molecule has 1 aliphatic rings. The number of hydrogen-bond donors (Lipinski definition) is 2. The van der Waals surface area contributed by atoms with Crippen LogP contribution in [0.4, 0.5) is 15.8 Å². The average Bonchev–Trinajstić information content (AvgIpc) is 3.40. The Morgan fingerprint density at radius 2 is 1.88 bits per heavy atom. The molecule has 2 amide bonds. The van der Waals surface area contributed by atoms with Crippen LogP contribution in [0.1, 0.15) is 23.4 Å². The van der Waals surface area contributed by atoms with Gasteiger partial charge in [-0.15, -0.1) is 0 Å². The van der Waals surface area contributed by atoms with Crippen LogP contribution in [0, 0.1) is 11.7 Å². The summed E-state index contributed by atoms with van der Waals surface area (Å²) in [5, 5.41) is 5.38. The number of nitrogens with zero attached hydrogens (tertiary/aromatic N) is 1. The Morgan fingerprint density at radius 3 is 2.60 bits per heavy atom. The van der Waals surface area contributed by atoms with Gasteiger partial charge in [0.05, 0.1) is 0 Å². The molecule has 6 nitrogen and oxygen atoms in total. The number of rotatable bonds is 4. The predicted molar refractivity (Wildman–Crippen MR) is 89.7 cm³/mol. The van der Waals surface area contributed by atoms with E-state index in [1.54, 1.807) is 18.3 Å². The Kier molecular flexibility index (Phi) is 3.68. The SMILES string of the molecule is O=C(Nc1ccc(F)cc1)c1oc2cccnc2c1NC(=O)C1CC1. The Bertz CT molecular complexity index is 961. The minimum Gasteiger partial charge on any atom is -0.447 e. The summed E-state index contributed by atoms with van der Waals surface area (Å²) in [5.41, 5.74) is 1.49. The van der Waals surface area contributed by atoms with Gasteiger partial charge in [-0.25, -0.2) is 4.39 Å². The van der Waals surface area contributed by atoms with Crippen LogP contribution < -0.4 is 10.6 Å². The fourth-order valence-corrected chi connectivity index (χ4v) is 2.50. The molecular formula is C18H14FN3O3. The van der Waals surface area contributed by atoms with Crippen molar-refractivity contribution in [1.29, 1.82) is 0 Å². The third-order valence-corrected chi connectivity index (χ3v) is 3.95. The zero-order valence-corrected chi connectivity index (χ0v) is 13.1. The van der Waals surface area contributed by atoms with Crippen molar-refractivity contribution in [2.24, 2.45) is 5.92 Å². The molecule has 0 saturated heterocycles. The summed E-state index contributed by atoms with van der Waals surface area (Å²) in [4.78, 5) is 28.9. The molecule has 0 spiro atoms. The highest BCUT2D eigenvalue weighted by Crippen LogP contribution is 2.34. The number of anilines is 2. The molecule has 0 radical (unpaired) electrons. The van der Waals surface area contributed by atoms with Crippen molar-refractivity contribution in [2.75, 3.05) is 10.6 Å². The lowest BCUT2D eigenvalue weighted by Crippen LogP contribution is -2.18. The second kappa shape index (κ2) is 6.01. The van der Waals surface area contributed by atoms with E-state index in [2.05, 4.69) is 15.6 Å². The topological polar surface area (TPSA) is 84.2 Å². The molecule has 1 aromatic carbocycles. The highest BCUT2D eigenvalue weighted by Gasteiger charge is 2.32. The minimum absolute atomic E-state index is 0.0262. The standard InChI is InChI=1S/C18H14FN3O3/c19-11-5-7-12(8-6-11)21-18(24)16-15(22-17(23)10-3-4-10)14-13(25-16)2-1-9-20-14/h1-2,5-10H,3-4H2,(H,21,24)(H,22,23). The lowest BCUT2D eigenvalue weighted by atomic mass is 10.2. The summed E-state index contributed by atoms with van der Waals surface area (Å²) in [6.45, 7) is 0. The first kappa shape index (κ1) is 15.3. The van der Waals surface area contributed by atoms with Gasteiger partial charge in [0.1, 0.15) is 17.0 Å². The third kappa shape index (κ3) is 3.08. The Labute approximate surface area is 142 Å². The third-order valence-electron chi connectivity index (χ3n) is 3.95. The molecule has 4 rings (SSSR count). The van der Waals surface area contributed by atoms with Gasteiger partial charge >= 0.3 is 0 Å². The molecule has 7 heteroatoms. The highest BCUT2D eigenvalue weighted by atomic mass is 19.1. The number of fused-ring (bicyclic) bond motifs is 1. The van der Waals surface area contributed by atoms with E-state index >= 15 is 0 Å². The Morgan fingerprint density at radius 1 is 1.12 bits per heavy atom. The maximum absolute atomic E-state index is 13.0. The number of furan rings is 1. The number of carbonyl (C=O) groups excluding carboxylic acids is 2. The van der Waals surface area contributed by atoms with E-state index < -0.39 is 11.7 Å². The lowest BCUT2D eigenvalue weighted by Gasteiger charge is -2.06. The second-order valence-electron chi connectivity index (χ2n) is 5.88. The number of carbonyl (C=O) groups is 2. The molecule has 0 unspecified atom stereocenters. The molecule has 0 atom stereocenters. The van der Waals surface area contributed by atoms with E-state index in [0.29, 0.717) is 16.8 Å². The molecule has 0 bridgehead atoms. The maximum Gasteiger partial charge on any atom is 0.293 e. The van der Waals surface area contributed by atoms with E-state index in [1.165, 1.54) is 24.3 Å². The van der Waals surface area contributed by atoms with Gasteiger partial charge in [-0.2, -0.15) is 0 Å². The van der Waals surface area contributed by atoms with Crippen molar-refractivity contribution >= 4 is 34.3 Å². The zero-order chi connectivity index (χ0) is 17.4. The molecule has 2 N–H and O–H groups in total. The van der Waals surface area contributed by atoms with Crippen molar-refractivity contribution in [2.45, 2.75) is 12.8 Å². The average molecular weight is 339 g/mol. The van der Waals surface area contributed by atoms with E-state index in [1.807, 2.05) is 0 Å². The Balaban J connectivity index is 1.68. The smallest absolute Gasteiger partial charge is 0.293 e. The summed E-state index contributed by atoms with van der Waals surface area (Å²) >= 11 is 0. The minimum atomic E-state index is -0.546. The largest absolute Gasteiger partial charge is 0.447 e. The van der Waals surface area contributed by atoms with Crippen LogP contribution in [-0.4, -0.2) is 16.8 Å². The number of nitrogens with one attached hydrogen (secondary N) is 2. The summed E-state index contributed by atoms with van der Waals surface area (Å²) < 4.78 is 18.6. The summed E-state index contributed by atoms with van der Waals surface area (Å²) in [6, 6.07) is 8.72. The van der Waals surface area contributed by atoms with E-state index in [9.17, 15) is 14.0 Å². The fourth-order valence-electron chi connectivity index (χ4n) is 2.50. The second-order valence-corrected chi connectivity index (χ2v) is 5.88. The number of hydrogen-bond acceptors (Lipinski definition) is 4. The summed E-state index contributed by atoms with van der Waals surface area (Å²) in [5.74, 6) is -1.16. The number of amides is 2. The number of aromatic nitrogens is 1. The monoisotopic (exact) mass is 339 g/mol. The molecular weight excluding hydrogens is 325 g/mol. The molecule has 1 aliphatic carbocycles. The van der Waals surface area contributed by atoms with Gasteiger partial charge < -0.3 is 15.1 Å². The van der Waals surface area contributed by atoms with Crippen LogP contribution in [0.25, 0.3) is 11.1 Å². The number of halogens is 1. The molecule has 1 saturated carbocycles. The molecule has 1 fully saturated rings. The van der Waals surface area contributed by atoms with Crippen LogP contribution in [0.15, 0.2) is 47.0 Å². The first-order chi connectivity index (χ1) is 12.1. The van der Waals surface area contributed by atoms with Crippen molar-refractivity contribution in [3.63, 3.8) is 0 Å². The van der Waals surface area contributed by atoms with Crippen molar-refractivity contribution in [3.05, 3.63) is 54.2 Å². The fraction of sp³-hybridized carbons (Fsp3) is 0.167. The van der Waals surface area contributed by atoms with E-state index in [0.717, 1.165) is 12.8 Å². The zero-order valence-electron chi connectivity index (χ0n) is 13.1. The lowest BCUT2D eigenvalue weighted by molar-refractivity contribution is -0.117. The van der Waals surface area contributed by atoms with Gasteiger partial charge in [-0.3, -0.25) is 14.6 Å². The molecule has 25 heavy (non-hydrogen) atoms. The van der Waals surface area contributed by atoms with Gasteiger partial charge in [-0.1, -0.05) is 0 Å². The molecule has 2 aromatic heterocycles. The van der Waals surface area contributed by atoms with Crippen molar-refractivity contribution < 1.29 is 18.4 Å².